The van der Waals surface area contributed by atoms with Crippen molar-refractivity contribution in [2.24, 2.45) is 7.05 Å². The number of amides is 2. The number of aryl methyl sites for hydroxylation is 1. The molecule has 4 aromatic rings. The molecule has 1 atom stereocenters. The first-order valence-corrected chi connectivity index (χ1v) is 10.5. The Hall–Kier alpha value is -3.94. The Kier molecular flexibility index (Phi) is 6.30. The Bertz CT molecular complexity index is 1210. The van der Waals surface area contributed by atoms with E-state index in [-0.39, 0.29) is 17.9 Å². The molecular weight excluding hydrogens is 404 g/mol. The van der Waals surface area contributed by atoms with Gasteiger partial charge in [-0.1, -0.05) is 30.3 Å². The number of hydrogen-bond donors (Lipinski definition) is 2. The summed E-state index contributed by atoms with van der Waals surface area (Å²) in [6, 6.07) is 18.9. The topological polar surface area (TPSA) is 95.9 Å². The summed E-state index contributed by atoms with van der Waals surface area (Å²) < 4.78 is 1.78. The second-order valence-electron chi connectivity index (χ2n) is 7.84. The highest BCUT2D eigenvalue weighted by molar-refractivity contribution is 5.97. The molecule has 0 radical (unpaired) electrons. The van der Waals surface area contributed by atoms with Gasteiger partial charge in [-0.05, 0) is 48.7 Å². The summed E-state index contributed by atoms with van der Waals surface area (Å²) in [6.45, 7) is 0.460. The van der Waals surface area contributed by atoms with Crippen molar-refractivity contribution in [3.05, 3.63) is 83.7 Å². The molecule has 1 unspecified atom stereocenters. The number of H-pyrrole nitrogens is 1. The number of nitrogens with one attached hydrogen (secondary N) is 2. The summed E-state index contributed by atoms with van der Waals surface area (Å²) in [5, 5.41) is 13.7. The van der Waals surface area contributed by atoms with Crippen LogP contribution < -0.4 is 5.32 Å². The Balaban J connectivity index is 1.48. The van der Waals surface area contributed by atoms with Crippen LogP contribution in [0.25, 0.3) is 11.0 Å². The molecule has 0 aliphatic rings. The van der Waals surface area contributed by atoms with Gasteiger partial charge in [0.15, 0.2) is 0 Å². The van der Waals surface area contributed by atoms with Crippen LogP contribution in [0.4, 0.5) is 0 Å². The van der Waals surface area contributed by atoms with E-state index < -0.39 is 0 Å². The maximum Gasteiger partial charge on any atom is 0.267 e. The predicted octanol–water partition coefficient (Wildman–Crippen LogP) is 2.80. The lowest BCUT2D eigenvalue weighted by atomic mass is 10.0. The van der Waals surface area contributed by atoms with Gasteiger partial charge in [-0.25, -0.2) is 0 Å². The summed E-state index contributed by atoms with van der Waals surface area (Å²) in [7, 11) is 3.65. The van der Waals surface area contributed by atoms with Crippen LogP contribution in [-0.2, 0) is 13.5 Å². The first kappa shape index (κ1) is 21.3. The molecule has 0 aliphatic carbocycles. The Morgan fingerprint density at radius 2 is 1.84 bits per heavy atom. The van der Waals surface area contributed by atoms with Crippen LogP contribution in [0.3, 0.4) is 0 Å². The van der Waals surface area contributed by atoms with E-state index in [2.05, 4.69) is 32.9 Å². The van der Waals surface area contributed by atoms with E-state index in [1.165, 1.54) is 0 Å². The second kappa shape index (κ2) is 9.47. The lowest BCUT2D eigenvalue weighted by Gasteiger charge is -2.29. The highest BCUT2D eigenvalue weighted by Gasteiger charge is 2.22. The minimum absolute atomic E-state index is 0.0911. The fraction of sp³-hybridized carbons (Fsp3) is 0.250. The van der Waals surface area contributed by atoms with Gasteiger partial charge in [0.05, 0.1) is 0 Å². The molecule has 2 N–H and O–H groups in total. The highest BCUT2D eigenvalue weighted by atomic mass is 16.2. The van der Waals surface area contributed by atoms with Crippen molar-refractivity contribution in [3.63, 3.8) is 0 Å². The van der Waals surface area contributed by atoms with Crippen LogP contribution >= 0.6 is 0 Å². The molecule has 0 spiro atoms. The second-order valence-corrected chi connectivity index (χ2v) is 7.84. The van der Waals surface area contributed by atoms with Crippen LogP contribution in [0.2, 0.25) is 0 Å². The largest absolute Gasteiger partial charge is 0.351 e. The number of likely N-dealkylation sites (N-methyl/N-ethyl adjacent to an activating group) is 1. The van der Waals surface area contributed by atoms with E-state index in [0.29, 0.717) is 41.7 Å². The molecule has 164 valence electrons. The number of nitrogens with zero attached hydrogens (tertiary/aromatic N) is 4. The molecule has 8 nitrogen and oxygen atoms in total. The van der Waals surface area contributed by atoms with E-state index >= 15 is 0 Å². The van der Waals surface area contributed by atoms with E-state index in [9.17, 15) is 9.59 Å². The van der Waals surface area contributed by atoms with Crippen molar-refractivity contribution in [2.75, 3.05) is 13.6 Å². The number of aromatic nitrogens is 4. The smallest absolute Gasteiger partial charge is 0.267 e. The fourth-order valence-electron chi connectivity index (χ4n) is 3.80. The number of carbonyl (C=O) groups excluding carboxylic acids is 2. The highest BCUT2D eigenvalue weighted by Crippen LogP contribution is 2.17. The van der Waals surface area contributed by atoms with Gasteiger partial charge in [0.2, 0.25) is 0 Å². The summed E-state index contributed by atoms with van der Waals surface area (Å²) in [5.41, 5.74) is 3.67. The number of fused-ring (bicyclic) bond motifs is 1. The van der Waals surface area contributed by atoms with Crippen LogP contribution in [0.15, 0.2) is 66.9 Å². The first-order valence-electron chi connectivity index (χ1n) is 10.5. The number of hydrogen-bond acceptors (Lipinski definition) is 4. The minimum atomic E-state index is -0.124. The lowest BCUT2D eigenvalue weighted by Crippen LogP contribution is -2.41. The van der Waals surface area contributed by atoms with Gasteiger partial charge in [0, 0.05) is 38.4 Å². The third-order valence-corrected chi connectivity index (χ3v) is 5.68. The Morgan fingerprint density at radius 3 is 2.59 bits per heavy atom. The standard InChI is InChI=1S/C24H26N6O2/c1-29-14-6-9-22(29)23(31)25-13-12-19(15-17-7-4-3-5-8-17)30(2)24(32)18-10-11-20-21(16-18)27-28-26-20/h3-11,14,16,19H,12-13,15H2,1-2H3,(H,25,31)(H,26,27,28). The zero-order valence-corrected chi connectivity index (χ0v) is 18.2. The van der Waals surface area contributed by atoms with E-state index in [0.717, 1.165) is 5.56 Å². The maximum atomic E-state index is 13.2. The Morgan fingerprint density at radius 1 is 1.06 bits per heavy atom. The Labute approximate surface area is 186 Å². The molecule has 32 heavy (non-hydrogen) atoms. The van der Waals surface area contributed by atoms with E-state index in [4.69, 9.17) is 0 Å². The molecule has 0 saturated carbocycles. The van der Waals surface area contributed by atoms with Crippen molar-refractivity contribution < 1.29 is 9.59 Å². The monoisotopic (exact) mass is 430 g/mol. The molecular formula is C24H26N6O2. The number of carbonyl (C=O) groups is 2. The summed E-state index contributed by atoms with van der Waals surface area (Å²) in [4.78, 5) is 27.5. The molecule has 8 heteroatoms. The normalized spacial score (nSPS) is 11.9. The average Bonchev–Trinajstić information content (AvgIpc) is 3.46. The zero-order valence-electron chi connectivity index (χ0n) is 18.2. The van der Waals surface area contributed by atoms with Gasteiger partial charge < -0.3 is 14.8 Å². The van der Waals surface area contributed by atoms with Crippen LogP contribution in [-0.4, -0.2) is 56.3 Å². The molecule has 0 saturated heterocycles. The molecule has 4 rings (SSSR count). The van der Waals surface area contributed by atoms with E-state index in [1.807, 2.05) is 44.6 Å². The summed E-state index contributed by atoms with van der Waals surface area (Å²) in [5.74, 6) is -0.217. The maximum absolute atomic E-state index is 13.2. The van der Waals surface area contributed by atoms with Gasteiger partial charge in [-0.3, -0.25) is 9.59 Å². The third-order valence-electron chi connectivity index (χ3n) is 5.68. The molecule has 2 heterocycles. The number of benzene rings is 2. The van der Waals surface area contributed by atoms with E-state index in [1.54, 1.807) is 33.7 Å². The zero-order chi connectivity index (χ0) is 22.5. The fourth-order valence-corrected chi connectivity index (χ4v) is 3.80. The SMILES string of the molecule is CN(C(=O)c1ccc2n[nH]nc2c1)C(CCNC(=O)c1cccn1C)Cc1ccccc1. The molecule has 0 aliphatic heterocycles. The molecule has 2 amide bonds. The van der Waals surface area contributed by atoms with Crippen LogP contribution in [0.1, 0.15) is 32.8 Å². The van der Waals surface area contributed by atoms with Crippen molar-refractivity contribution in [1.29, 1.82) is 0 Å². The average molecular weight is 431 g/mol. The molecule has 0 bridgehead atoms. The number of rotatable bonds is 8. The quantitative estimate of drug-likeness (QED) is 0.449. The van der Waals surface area contributed by atoms with Gasteiger partial charge in [-0.2, -0.15) is 15.4 Å². The van der Waals surface area contributed by atoms with Gasteiger partial charge in [-0.15, -0.1) is 0 Å². The van der Waals surface area contributed by atoms with Gasteiger partial charge >= 0.3 is 0 Å². The predicted molar refractivity (Wildman–Crippen MR) is 122 cm³/mol. The van der Waals surface area contributed by atoms with Crippen molar-refractivity contribution in [3.8, 4) is 0 Å². The van der Waals surface area contributed by atoms with Crippen molar-refractivity contribution in [1.82, 2.24) is 30.2 Å². The molecule has 0 fully saturated rings. The number of aromatic amines is 1. The van der Waals surface area contributed by atoms with Gasteiger partial charge in [0.25, 0.3) is 11.8 Å². The van der Waals surface area contributed by atoms with Crippen LogP contribution in [0, 0.1) is 0 Å². The minimum Gasteiger partial charge on any atom is -0.351 e. The summed E-state index contributed by atoms with van der Waals surface area (Å²) in [6.07, 6.45) is 3.15. The molecule has 2 aromatic heterocycles. The first-order chi connectivity index (χ1) is 15.5. The lowest BCUT2D eigenvalue weighted by molar-refractivity contribution is 0.0723. The van der Waals surface area contributed by atoms with Gasteiger partial charge in [0.1, 0.15) is 16.7 Å². The van der Waals surface area contributed by atoms with Crippen molar-refractivity contribution in [2.45, 2.75) is 18.9 Å². The third kappa shape index (κ3) is 4.69. The molecule has 2 aromatic carbocycles. The van der Waals surface area contributed by atoms with Crippen LogP contribution in [0.5, 0.6) is 0 Å². The van der Waals surface area contributed by atoms with Crippen molar-refractivity contribution >= 4 is 22.8 Å². The summed E-state index contributed by atoms with van der Waals surface area (Å²) >= 11 is 0.